The fraction of sp³-hybridized carbons (Fsp3) is 0.107. The van der Waals surface area contributed by atoms with Crippen LogP contribution in [-0.4, -0.2) is 42.7 Å². The summed E-state index contributed by atoms with van der Waals surface area (Å²) in [5.41, 5.74) is 1.31. The number of hydrogen-bond donors (Lipinski definition) is 1. The Bertz CT molecular complexity index is 2010. The van der Waals surface area contributed by atoms with E-state index >= 15 is 0 Å². The number of benzene rings is 3. The van der Waals surface area contributed by atoms with E-state index in [0.29, 0.717) is 25.9 Å². The van der Waals surface area contributed by atoms with Crippen LogP contribution >= 0.6 is 23.1 Å². The van der Waals surface area contributed by atoms with Crippen molar-refractivity contribution in [2.75, 3.05) is 16.0 Å². The van der Waals surface area contributed by atoms with Gasteiger partial charge in [-0.1, -0.05) is 36.0 Å². The second kappa shape index (κ2) is 10.4. The van der Waals surface area contributed by atoms with Crippen LogP contribution in [0.2, 0.25) is 0 Å². The molecule has 0 aliphatic carbocycles. The van der Waals surface area contributed by atoms with Crippen LogP contribution in [0.15, 0.2) is 75.9 Å². The summed E-state index contributed by atoms with van der Waals surface area (Å²) >= 11 is 2.45. The minimum Gasteiger partial charge on any atom is -0.319 e. The summed E-state index contributed by atoms with van der Waals surface area (Å²) < 4.78 is 4.39. The summed E-state index contributed by atoms with van der Waals surface area (Å²) in [6.07, 6.45) is 0. The molecule has 0 saturated heterocycles. The average Bonchev–Trinajstić information content (AvgIpc) is 3.58. The third-order valence-corrected chi connectivity index (χ3v) is 9.01. The number of aromatic nitrogens is 3. The fourth-order valence-corrected chi connectivity index (χ4v) is 6.66. The highest BCUT2D eigenvalue weighted by Gasteiger charge is 2.41. The number of nitrogens with one attached hydrogen (secondary N) is 1. The first-order valence-corrected chi connectivity index (χ1v) is 14.3. The van der Waals surface area contributed by atoms with E-state index in [1.807, 2.05) is 18.2 Å². The van der Waals surface area contributed by atoms with Gasteiger partial charge in [-0.05, 0) is 43.3 Å². The number of anilines is 2. The zero-order valence-corrected chi connectivity index (χ0v) is 23.7. The molecule has 1 aliphatic rings. The van der Waals surface area contributed by atoms with Crippen molar-refractivity contribution in [3.05, 3.63) is 104 Å². The molecule has 0 spiro atoms. The Balaban J connectivity index is 1.18. The summed E-state index contributed by atoms with van der Waals surface area (Å²) in [5, 5.41) is 14.1. The van der Waals surface area contributed by atoms with E-state index in [1.54, 1.807) is 49.0 Å². The van der Waals surface area contributed by atoms with Gasteiger partial charge in [0.15, 0.2) is 4.34 Å². The second-order valence-corrected chi connectivity index (χ2v) is 11.6. The lowest BCUT2D eigenvalue weighted by Crippen LogP contribution is -2.29. The number of nitro groups is 1. The van der Waals surface area contributed by atoms with Gasteiger partial charge in [-0.2, -0.15) is 0 Å². The van der Waals surface area contributed by atoms with Crippen molar-refractivity contribution in [1.29, 1.82) is 0 Å². The van der Waals surface area contributed by atoms with Gasteiger partial charge in [-0.3, -0.25) is 34.0 Å². The molecule has 0 unspecified atom stereocenters. The lowest BCUT2D eigenvalue weighted by Gasteiger charge is -2.13. The summed E-state index contributed by atoms with van der Waals surface area (Å²) in [6.45, 7) is 1.75. The maximum atomic E-state index is 13.1. The molecular formula is C28H20N6O6S2. The SMILES string of the molecule is Cc1c(NC(=O)CSc2nc3ccc(N4C(=O)c5cccc([N+](=O)[O-])c5C4=O)cc3s2)c(=O)n(-c2ccccc2)n1C. The molecule has 0 atom stereocenters. The molecule has 1 aliphatic heterocycles. The van der Waals surface area contributed by atoms with Crippen molar-refractivity contribution >= 4 is 68.1 Å². The molecule has 210 valence electrons. The molecule has 1 N–H and O–H groups in total. The van der Waals surface area contributed by atoms with Crippen molar-refractivity contribution in [1.82, 2.24) is 14.3 Å². The number of carbonyl (C=O) groups is 3. The summed E-state index contributed by atoms with van der Waals surface area (Å²) in [6, 6.07) is 17.9. The van der Waals surface area contributed by atoms with Crippen LogP contribution in [0.4, 0.5) is 17.1 Å². The number of carbonyl (C=O) groups excluding carboxylic acids is 3. The van der Waals surface area contributed by atoms with E-state index in [-0.39, 0.29) is 39.7 Å². The molecule has 0 radical (unpaired) electrons. The van der Waals surface area contributed by atoms with Crippen molar-refractivity contribution in [3.8, 4) is 5.69 Å². The average molecular weight is 601 g/mol. The van der Waals surface area contributed by atoms with Gasteiger partial charge in [0.05, 0.1) is 43.5 Å². The van der Waals surface area contributed by atoms with Crippen molar-refractivity contribution in [2.45, 2.75) is 11.3 Å². The normalized spacial score (nSPS) is 12.7. The Kier molecular flexibility index (Phi) is 6.71. The first-order valence-electron chi connectivity index (χ1n) is 12.5. The third-order valence-electron chi connectivity index (χ3n) is 6.85. The number of nitro benzene ring substituents is 1. The number of thiazole rings is 1. The van der Waals surface area contributed by atoms with E-state index in [4.69, 9.17) is 0 Å². The van der Waals surface area contributed by atoms with E-state index in [9.17, 15) is 29.3 Å². The number of rotatable bonds is 7. The highest BCUT2D eigenvalue weighted by atomic mass is 32.2. The van der Waals surface area contributed by atoms with E-state index in [1.165, 1.54) is 46.0 Å². The van der Waals surface area contributed by atoms with Gasteiger partial charge in [0.2, 0.25) is 5.91 Å². The number of imide groups is 1. The molecule has 2 aromatic heterocycles. The van der Waals surface area contributed by atoms with Crippen LogP contribution in [0.25, 0.3) is 15.9 Å². The smallest absolute Gasteiger partial charge is 0.295 e. The predicted molar refractivity (Wildman–Crippen MR) is 159 cm³/mol. The van der Waals surface area contributed by atoms with Crippen molar-refractivity contribution in [3.63, 3.8) is 0 Å². The molecule has 3 amide bonds. The Labute approximate surface area is 245 Å². The molecule has 42 heavy (non-hydrogen) atoms. The van der Waals surface area contributed by atoms with Crippen LogP contribution in [0.1, 0.15) is 26.4 Å². The van der Waals surface area contributed by atoms with Gasteiger partial charge in [-0.15, -0.1) is 11.3 Å². The van der Waals surface area contributed by atoms with Gasteiger partial charge in [0, 0.05) is 13.1 Å². The molecule has 0 saturated carbocycles. The monoisotopic (exact) mass is 600 g/mol. The summed E-state index contributed by atoms with van der Waals surface area (Å²) in [7, 11) is 1.74. The standard InChI is InChI=1S/C28H20N6O6S2/c1-15-24(27(38)33(31(15)2)16-7-4-3-5-8-16)30-22(35)14-41-28-29-19-12-11-17(13-21(19)42-28)32-25(36)18-9-6-10-20(34(39)40)23(18)26(32)37/h3-13H,14H2,1-2H3,(H,30,35). The van der Waals surface area contributed by atoms with E-state index in [0.717, 1.165) is 4.90 Å². The molecule has 14 heteroatoms. The van der Waals surface area contributed by atoms with E-state index in [2.05, 4.69) is 10.3 Å². The van der Waals surface area contributed by atoms with Gasteiger partial charge in [0.25, 0.3) is 23.1 Å². The second-order valence-electron chi connectivity index (χ2n) is 9.31. The Morgan fingerprint density at radius 2 is 1.79 bits per heavy atom. The number of para-hydroxylation sites is 1. The zero-order chi connectivity index (χ0) is 29.7. The van der Waals surface area contributed by atoms with Crippen LogP contribution in [-0.2, 0) is 11.8 Å². The minimum absolute atomic E-state index is 0.00609. The Morgan fingerprint density at radius 1 is 1.02 bits per heavy atom. The molecule has 3 heterocycles. The number of amides is 3. The Morgan fingerprint density at radius 3 is 2.52 bits per heavy atom. The molecule has 12 nitrogen and oxygen atoms in total. The maximum absolute atomic E-state index is 13.1. The van der Waals surface area contributed by atoms with Crippen molar-refractivity contribution in [2.24, 2.45) is 7.05 Å². The molecule has 0 bridgehead atoms. The highest BCUT2D eigenvalue weighted by Crippen LogP contribution is 2.37. The lowest BCUT2D eigenvalue weighted by molar-refractivity contribution is -0.385. The minimum atomic E-state index is -0.764. The predicted octanol–water partition coefficient (Wildman–Crippen LogP) is 4.53. The largest absolute Gasteiger partial charge is 0.319 e. The maximum Gasteiger partial charge on any atom is 0.295 e. The van der Waals surface area contributed by atoms with Gasteiger partial charge in [0.1, 0.15) is 11.3 Å². The first-order chi connectivity index (χ1) is 20.2. The molecule has 0 fully saturated rings. The number of hydrogen-bond acceptors (Lipinski definition) is 9. The lowest BCUT2D eigenvalue weighted by atomic mass is 10.1. The zero-order valence-electron chi connectivity index (χ0n) is 22.1. The van der Waals surface area contributed by atoms with Crippen LogP contribution in [0.3, 0.4) is 0 Å². The topological polar surface area (TPSA) is 149 Å². The van der Waals surface area contributed by atoms with Gasteiger partial charge >= 0.3 is 0 Å². The van der Waals surface area contributed by atoms with Crippen LogP contribution < -0.4 is 15.8 Å². The first kappa shape index (κ1) is 27.1. The molecule has 6 rings (SSSR count). The quantitative estimate of drug-likeness (QED) is 0.124. The number of nitrogens with zero attached hydrogens (tertiary/aromatic N) is 5. The number of fused-ring (bicyclic) bond motifs is 2. The molecule has 5 aromatic rings. The summed E-state index contributed by atoms with van der Waals surface area (Å²) in [5.74, 6) is -1.79. The summed E-state index contributed by atoms with van der Waals surface area (Å²) in [4.78, 5) is 68.1. The van der Waals surface area contributed by atoms with Gasteiger partial charge in [-0.25, -0.2) is 14.6 Å². The fourth-order valence-electron chi connectivity index (χ4n) is 4.76. The third kappa shape index (κ3) is 4.46. The van der Waals surface area contributed by atoms with Crippen molar-refractivity contribution < 1.29 is 19.3 Å². The van der Waals surface area contributed by atoms with Crippen LogP contribution in [0.5, 0.6) is 0 Å². The molecule has 3 aromatic carbocycles. The van der Waals surface area contributed by atoms with E-state index < -0.39 is 22.4 Å². The van der Waals surface area contributed by atoms with Crippen LogP contribution in [0, 0.1) is 17.0 Å². The Hall–Kier alpha value is -5.08. The number of thioether (sulfide) groups is 1. The van der Waals surface area contributed by atoms with Gasteiger partial charge < -0.3 is 5.32 Å². The highest BCUT2D eigenvalue weighted by molar-refractivity contribution is 8.01. The molecular weight excluding hydrogens is 580 g/mol.